The van der Waals surface area contributed by atoms with Crippen LogP contribution < -0.4 is 10.6 Å². The van der Waals surface area contributed by atoms with Gasteiger partial charge in [-0.3, -0.25) is 4.79 Å². The summed E-state index contributed by atoms with van der Waals surface area (Å²) in [6.45, 7) is 4.18. The molecule has 1 aliphatic carbocycles. The average Bonchev–Trinajstić information content (AvgIpc) is 2.20. The van der Waals surface area contributed by atoms with E-state index < -0.39 is 0 Å². The van der Waals surface area contributed by atoms with Crippen molar-refractivity contribution in [3.63, 3.8) is 0 Å². The highest BCUT2D eigenvalue weighted by Crippen LogP contribution is 2.23. The molecule has 1 atom stereocenters. The second kappa shape index (κ2) is 5.35. The fourth-order valence-corrected chi connectivity index (χ4v) is 1.86. The normalized spacial score (nSPS) is 29.6. The SMILES string of the molecule is CN[C@@H](C)C(=O)NC1CCC(C)CC1. The molecule has 0 aliphatic heterocycles. The number of nitrogens with one attached hydrogen (secondary N) is 2. The third-order valence-electron chi connectivity index (χ3n) is 3.19. The lowest BCUT2D eigenvalue weighted by molar-refractivity contribution is -0.123. The lowest BCUT2D eigenvalue weighted by atomic mass is 9.87. The van der Waals surface area contributed by atoms with Crippen molar-refractivity contribution < 1.29 is 4.79 Å². The van der Waals surface area contributed by atoms with E-state index in [2.05, 4.69) is 17.6 Å². The van der Waals surface area contributed by atoms with E-state index >= 15 is 0 Å². The van der Waals surface area contributed by atoms with Crippen molar-refractivity contribution in [2.24, 2.45) is 5.92 Å². The Balaban J connectivity index is 2.27. The number of amides is 1. The molecule has 1 fully saturated rings. The van der Waals surface area contributed by atoms with Gasteiger partial charge in [-0.05, 0) is 45.6 Å². The summed E-state index contributed by atoms with van der Waals surface area (Å²) in [4.78, 5) is 11.6. The van der Waals surface area contributed by atoms with Crippen molar-refractivity contribution in [2.75, 3.05) is 7.05 Å². The highest BCUT2D eigenvalue weighted by atomic mass is 16.2. The molecule has 0 aromatic carbocycles. The fourth-order valence-electron chi connectivity index (χ4n) is 1.86. The van der Waals surface area contributed by atoms with Gasteiger partial charge in [-0.25, -0.2) is 0 Å². The molecule has 0 spiro atoms. The van der Waals surface area contributed by atoms with Crippen LogP contribution in [0, 0.1) is 5.92 Å². The molecule has 2 N–H and O–H groups in total. The largest absolute Gasteiger partial charge is 0.352 e. The highest BCUT2D eigenvalue weighted by Gasteiger charge is 2.21. The van der Waals surface area contributed by atoms with Crippen molar-refractivity contribution in [2.45, 2.75) is 51.6 Å². The molecule has 0 unspecified atom stereocenters. The highest BCUT2D eigenvalue weighted by molar-refractivity contribution is 5.81. The number of carbonyl (C=O) groups excluding carboxylic acids is 1. The average molecular weight is 198 g/mol. The van der Waals surface area contributed by atoms with Gasteiger partial charge in [-0.1, -0.05) is 6.92 Å². The van der Waals surface area contributed by atoms with Crippen LogP contribution >= 0.6 is 0 Å². The third-order valence-corrected chi connectivity index (χ3v) is 3.19. The first-order chi connectivity index (χ1) is 6.63. The molecule has 0 radical (unpaired) electrons. The summed E-state index contributed by atoms with van der Waals surface area (Å²) in [5, 5.41) is 6.04. The summed E-state index contributed by atoms with van der Waals surface area (Å²) in [6, 6.07) is 0.337. The first-order valence-electron chi connectivity index (χ1n) is 5.61. The van der Waals surface area contributed by atoms with E-state index in [9.17, 15) is 4.79 Å². The Hall–Kier alpha value is -0.570. The van der Waals surface area contributed by atoms with Crippen LogP contribution in [0.25, 0.3) is 0 Å². The summed E-state index contributed by atoms with van der Waals surface area (Å²) in [5.41, 5.74) is 0. The molecular formula is C11H22N2O. The first kappa shape index (κ1) is 11.5. The van der Waals surface area contributed by atoms with Crippen LogP contribution in [-0.4, -0.2) is 25.0 Å². The molecule has 1 aliphatic rings. The zero-order valence-electron chi connectivity index (χ0n) is 9.47. The standard InChI is InChI=1S/C11H22N2O/c1-8-4-6-10(7-5-8)13-11(14)9(2)12-3/h8-10,12H,4-7H2,1-3H3,(H,13,14)/t8?,9-,10?/m0/s1. The summed E-state index contributed by atoms with van der Waals surface area (Å²) < 4.78 is 0. The zero-order chi connectivity index (χ0) is 10.6. The molecule has 0 aromatic heterocycles. The molecule has 14 heavy (non-hydrogen) atoms. The van der Waals surface area contributed by atoms with Gasteiger partial charge < -0.3 is 10.6 Å². The third kappa shape index (κ3) is 3.29. The second-order valence-corrected chi connectivity index (χ2v) is 4.48. The minimum Gasteiger partial charge on any atom is -0.352 e. The predicted molar refractivity (Wildman–Crippen MR) is 58.1 cm³/mol. The topological polar surface area (TPSA) is 41.1 Å². The van der Waals surface area contributed by atoms with Gasteiger partial charge in [0.2, 0.25) is 5.91 Å². The molecule has 1 saturated carbocycles. The van der Waals surface area contributed by atoms with Gasteiger partial charge in [-0.15, -0.1) is 0 Å². The van der Waals surface area contributed by atoms with E-state index in [1.807, 2.05) is 14.0 Å². The Morgan fingerprint density at radius 3 is 2.36 bits per heavy atom. The molecule has 0 bridgehead atoms. The summed E-state index contributed by atoms with van der Waals surface area (Å²) in [6.07, 6.45) is 4.78. The number of rotatable bonds is 3. The maximum atomic E-state index is 11.6. The van der Waals surface area contributed by atoms with E-state index in [1.165, 1.54) is 12.8 Å². The van der Waals surface area contributed by atoms with Gasteiger partial charge in [0.1, 0.15) is 0 Å². The van der Waals surface area contributed by atoms with E-state index in [0.717, 1.165) is 18.8 Å². The Morgan fingerprint density at radius 2 is 1.86 bits per heavy atom. The minimum absolute atomic E-state index is 0.0747. The number of likely N-dealkylation sites (N-methyl/N-ethyl adjacent to an activating group) is 1. The maximum absolute atomic E-state index is 11.6. The van der Waals surface area contributed by atoms with Gasteiger partial charge in [0, 0.05) is 6.04 Å². The number of hydrogen-bond acceptors (Lipinski definition) is 2. The van der Waals surface area contributed by atoms with Crippen LogP contribution in [0.5, 0.6) is 0 Å². The first-order valence-corrected chi connectivity index (χ1v) is 5.61. The van der Waals surface area contributed by atoms with Crippen molar-refractivity contribution >= 4 is 5.91 Å². The molecule has 0 heterocycles. The zero-order valence-corrected chi connectivity index (χ0v) is 9.47. The van der Waals surface area contributed by atoms with E-state index in [1.54, 1.807) is 0 Å². The van der Waals surface area contributed by atoms with Crippen molar-refractivity contribution in [1.82, 2.24) is 10.6 Å². The van der Waals surface area contributed by atoms with Gasteiger partial charge in [0.15, 0.2) is 0 Å². The molecule has 0 aromatic rings. The monoisotopic (exact) mass is 198 g/mol. The molecule has 0 saturated heterocycles. The van der Waals surface area contributed by atoms with E-state index in [0.29, 0.717) is 6.04 Å². The molecule has 1 amide bonds. The molecule has 1 rings (SSSR count). The van der Waals surface area contributed by atoms with Crippen LogP contribution in [0.15, 0.2) is 0 Å². The predicted octanol–water partition coefficient (Wildman–Crippen LogP) is 1.29. The van der Waals surface area contributed by atoms with Crippen molar-refractivity contribution in [3.8, 4) is 0 Å². The van der Waals surface area contributed by atoms with Crippen LogP contribution in [0.4, 0.5) is 0 Å². The second-order valence-electron chi connectivity index (χ2n) is 4.48. The van der Waals surface area contributed by atoms with Gasteiger partial charge >= 0.3 is 0 Å². The van der Waals surface area contributed by atoms with Crippen LogP contribution in [0.3, 0.4) is 0 Å². The van der Waals surface area contributed by atoms with Crippen molar-refractivity contribution in [3.05, 3.63) is 0 Å². The lowest BCUT2D eigenvalue weighted by Crippen LogP contribution is -2.46. The fraction of sp³-hybridized carbons (Fsp3) is 0.909. The number of carbonyl (C=O) groups is 1. The lowest BCUT2D eigenvalue weighted by Gasteiger charge is -2.27. The van der Waals surface area contributed by atoms with Crippen LogP contribution in [0.1, 0.15) is 39.5 Å². The Morgan fingerprint density at radius 1 is 1.29 bits per heavy atom. The van der Waals surface area contributed by atoms with E-state index in [4.69, 9.17) is 0 Å². The smallest absolute Gasteiger partial charge is 0.237 e. The maximum Gasteiger partial charge on any atom is 0.237 e. The van der Waals surface area contributed by atoms with Gasteiger partial charge in [-0.2, -0.15) is 0 Å². The quantitative estimate of drug-likeness (QED) is 0.717. The minimum atomic E-state index is -0.0747. The van der Waals surface area contributed by atoms with Crippen LogP contribution in [-0.2, 0) is 4.79 Å². The Bertz CT molecular complexity index is 186. The van der Waals surface area contributed by atoms with Crippen molar-refractivity contribution in [1.29, 1.82) is 0 Å². The summed E-state index contributed by atoms with van der Waals surface area (Å²) in [7, 11) is 1.81. The molecular weight excluding hydrogens is 176 g/mol. The summed E-state index contributed by atoms with van der Waals surface area (Å²) in [5.74, 6) is 0.969. The summed E-state index contributed by atoms with van der Waals surface area (Å²) >= 11 is 0. The van der Waals surface area contributed by atoms with E-state index in [-0.39, 0.29) is 11.9 Å². The Labute approximate surface area is 86.6 Å². The number of hydrogen-bond donors (Lipinski definition) is 2. The van der Waals surface area contributed by atoms with Crippen LogP contribution in [0.2, 0.25) is 0 Å². The van der Waals surface area contributed by atoms with Gasteiger partial charge in [0.05, 0.1) is 6.04 Å². The molecule has 3 nitrogen and oxygen atoms in total. The molecule has 82 valence electrons. The van der Waals surface area contributed by atoms with Gasteiger partial charge in [0.25, 0.3) is 0 Å². The Kier molecular flexibility index (Phi) is 4.39. The molecule has 3 heteroatoms.